The Kier molecular flexibility index (Phi) is 2.60. The molecule has 3 aromatic rings. The fourth-order valence-electron chi connectivity index (χ4n) is 2.69. The van der Waals surface area contributed by atoms with Crippen molar-refractivity contribution in [1.82, 2.24) is 19.9 Å². The number of imidazole rings is 1. The molecule has 1 saturated heterocycles. The Morgan fingerprint density at radius 3 is 3.11 bits per heavy atom. The summed E-state index contributed by atoms with van der Waals surface area (Å²) >= 11 is 1.73. The average Bonchev–Trinajstić information content (AvgIpc) is 3.17. The molecule has 4 nitrogen and oxygen atoms in total. The van der Waals surface area contributed by atoms with E-state index in [2.05, 4.69) is 32.4 Å². The predicted molar refractivity (Wildman–Crippen MR) is 77.1 cm³/mol. The highest BCUT2D eigenvalue weighted by atomic mass is 32.1. The largest absolute Gasteiger partial charge is 0.297 e. The second-order valence-electron chi connectivity index (χ2n) is 4.74. The molecular formula is C14H14N4S. The van der Waals surface area contributed by atoms with Crippen LogP contribution in [0.5, 0.6) is 0 Å². The van der Waals surface area contributed by atoms with Crippen molar-refractivity contribution in [2.45, 2.75) is 19.0 Å². The highest BCUT2D eigenvalue weighted by Crippen LogP contribution is 2.32. The number of nitrogens with one attached hydrogen (secondary N) is 1. The zero-order chi connectivity index (χ0) is 12.7. The molecule has 0 spiro atoms. The summed E-state index contributed by atoms with van der Waals surface area (Å²) in [5.41, 5.74) is 1.95. The van der Waals surface area contributed by atoms with Crippen LogP contribution in [0.1, 0.15) is 19.0 Å². The van der Waals surface area contributed by atoms with E-state index in [0.717, 1.165) is 30.0 Å². The van der Waals surface area contributed by atoms with Gasteiger partial charge in [0.2, 0.25) is 0 Å². The summed E-state index contributed by atoms with van der Waals surface area (Å²) in [6, 6.07) is 8.17. The maximum atomic E-state index is 4.77. The fourth-order valence-corrected chi connectivity index (χ4v) is 3.40. The molecule has 0 aromatic carbocycles. The van der Waals surface area contributed by atoms with Gasteiger partial charge in [-0.05, 0) is 43.0 Å². The minimum absolute atomic E-state index is 0.317. The third kappa shape index (κ3) is 1.77. The van der Waals surface area contributed by atoms with Crippen LogP contribution < -0.4 is 5.32 Å². The Hall–Kier alpha value is -1.72. The van der Waals surface area contributed by atoms with Gasteiger partial charge < -0.3 is 0 Å². The Labute approximate surface area is 115 Å². The number of nitrogens with zero attached hydrogens (tertiary/aromatic N) is 3. The van der Waals surface area contributed by atoms with Crippen molar-refractivity contribution in [3.63, 3.8) is 0 Å². The van der Waals surface area contributed by atoms with E-state index < -0.39 is 0 Å². The standard InChI is InChI=1S/C14H14N4S/c1-4-10-13(16-8-1)18(12-6-2-7-15-12)14(17-10)11-5-3-9-19-11/h1,3-5,8-9,12,15H,2,6-7H2. The van der Waals surface area contributed by atoms with Crippen LogP contribution in [0.3, 0.4) is 0 Å². The van der Waals surface area contributed by atoms with Crippen molar-refractivity contribution in [2.75, 3.05) is 6.54 Å². The van der Waals surface area contributed by atoms with Crippen LogP contribution in [-0.4, -0.2) is 21.1 Å². The lowest BCUT2D eigenvalue weighted by Gasteiger charge is -2.15. The molecule has 0 amide bonds. The second kappa shape index (κ2) is 4.43. The molecular weight excluding hydrogens is 256 g/mol. The van der Waals surface area contributed by atoms with Crippen molar-refractivity contribution < 1.29 is 0 Å². The summed E-state index contributed by atoms with van der Waals surface area (Å²) in [4.78, 5) is 10.5. The van der Waals surface area contributed by atoms with Crippen LogP contribution in [0.15, 0.2) is 35.8 Å². The molecule has 0 aliphatic carbocycles. The van der Waals surface area contributed by atoms with E-state index in [1.807, 2.05) is 18.3 Å². The van der Waals surface area contributed by atoms with Crippen LogP contribution in [0.4, 0.5) is 0 Å². The van der Waals surface area contributed by atoms with E-state index in [0.29, 0.717) is 6.17 Å². The summed E-state index contributed by atoms with van der Waals surface area (Å²) in [6.07, 6.45) is 4.51. The van der Waals surface area contributed by atoms with Crippen molar-refractivity contribution >= 4 is 22.5 Å². The minimum atomic E-state index is 0.317. The van der Waals surface area contributed by atoms with Crippen LogP contribution in [-0.2, 0) is 0 Å². The van der Waals surface area contributed by atoms with Gasteiger partial charge >= 0.3 is 0 Å². The van der Waals surface area contributed by atoms with Crippen molar-refractivity contribution in [3.05, 3.63) is 35.8 Å². The summed E-state index contributed by atoms with van der Waals surface area (Å²) in [5, 5.41) is 5.63. The third-order valence-electron chi connectivity index (χ3n) is 3.54. The maximum Gasteiger partial charge on any atom is 0.161 e. The molecule has 4 heterocycles. The third-order valence-corrected chi connectivity index (χ3v) is 4.40. The molecule has 5 heteroatoms. The molecule has 0 saturated carbocycles. The number of hydrogen-bond acceptors (Lipinski definition) is 4. The van der Waals surface area contributed by atoms with Gasteiger partial charge in [-0.15, -0.1) is 11.3 Å². The summed E-state index contributed by atoms with van der Waals surface area (Å²) in [7, 11) is 0. The van der Waals surface area contributed by atoms with E-state index in [4.69, 9.17) is 4.98 Å². The first-order valence-corrected chi connectivity index (χ1v) is 7.42. The topological polar surface area (TPSA) is 42.7 Å². The molecule has 1 unspecified atom stereocenters. The number of rotatable bonds is 2. The molecule has 1 fully saturated rings. The lowest BCUT2D eigenvalue weighted by Crippen LogP contribution is -2.20. The SMILES string of the molecule is c1csc(-c2nc3cccnc3n2C2CCCN2)c1. The van der Waals surface area contributed by atoms with Crippen LogP contribution in [0.2, 0.25) is 0 Å². The highest BCUT2D eigenvalue weighted by molar-refractivity contribution is 7.13. The van der Waals surface area contributed by atoms with Gasteiger partial charge in [-0.1, -0.05) is 6.07 Å². The molecule has 1 aliphatic rings. The Morgan fingerprint density at radius 2 is 2.32 bits per heavy atom. The van der Waals surface area contributed by atoms with E-state index in [-0.39, 0.29) is 0 Å². The number of hydrogen-bond donors (Lipinski definition) is 1. The maximum absolute atomic E-state index is 4.77. The van der Waals surface area contributed by atoms with Gasteiger partial charge in [0.25, 0.3) is 0 Å². The minimum Gasteiger partial charge on any atom is -0.297 e. The van der Waals surface area contributed by atoms with E-state index >= 15 is 0 Å². The van der Waals surface area contributed by atoms with Crippen LogP contribution >= 0.6 is 11.3 Å². The molecule has 3 aromatic heterocycles. The number of thiophene rings is 1. The average molecular weight is 270 g/mol. The predicted octanol–water partition coefficient (Wildman–Crippen LogP) is 3.04. The van der Waals surface area contributed by atoms with Gasteiger partial charge in [-0.3, -0.25) is 9.88 Å². The summed E-state index contributed by atoms with van der Waals surface area (Å²) in [5.74, 6) is 1.03. The molecule has 0 bridgehead atoms. The first kappa shape index (κ1) is 11.1. The lowest BCUT2D eigenvalue weighted by atomic mass is 10.3. The lowest BCUT2D eigenvalue weighted by molar-refractivity contribution is 0.483. The second-order valence-corrected chi connectivity index (χ2v) is 5.69. The van der Waals surface area contributed by atoms with E-state index in [1.54, 1.807) is 11.3 Å². The highest BCUT2D eigenvalue weighted by Gasteiger charge is 2.23. The quantitative estimate of drug-likeness (QED) is 0.778. The Morgan fingerprint density at radius 1 is 1.32 bits per heavy atom. The van der Waals surface area contributed by atoms with Crippen LogP contribution in [0.25, 0.3) is 21.9 Å². The van der Waals surface area contributed by atoms with Gasteiger partial charge in [0.15, 0.2) is 11.5 Å². The number of aromatic nitrogens is 3. The zero-order valence-corrected chi connectivity index (χ0v) is 11.2. The molecule has 0 radical (unpaired) electrons. The summed E-state index contributed by atoms with van der Waals surface area (Å²) < 4.78 is 2.26. The number of pyridine rings is 1. The smallest absolute Gasteiger partial charge is 0.161 e. The molecule has 4 rings (SSSR count). The normalized spacial score (nSPS) is 19.3. The Bertz CT molecular complexity index is 695. The first-order valence-electron chi connectivity index (χ1n) is 6.54. The van der Waals surface area contributed by atoms with Gasteiger partial charge in [-0.2, -0.15) is 0 Å². The van der Waals surface area contributed by atoms with Crippen molar-refractivity contribution in [1.29, 1.82) is 0 Å². The van der Waals surface area contributed by atoms with Gasteiger partial charge in [-0.25, -0.2) is 9.97 Å². The van der Waals surface area contributed by atoms with Crippen LogP contribution in [0, 0.1) is 0 Å². The van der Waals surface area contributed by atoms with Gasteiger partial charge in [0, 0.05) is 6.20 Å². The summed E-state index contributed by atoms with van der Waals surface area (Å²) in [6.45, 7) is 1.07. The number of fused-ring (bicyclic) bond motifs is 1. The van der Waals surface area contributed by atoms with Crippen molar-refractivity contribution in [2.24, 2.45) is 0 Å². The first-order chi connectivity index (χ1) is 9.43. The van der Waals surface area contributed by atoms with Crippen molar-refractivity contribution in [3.8, 4) is 10.7 Å². The fraction of sp³-hybridized carbons (Fsp3) is 0.286. The molecule has 96 valence electrons. The molecule has 19 heavy (non-hydrogen) atoms. The molecule has 1 aliphatic heterocycles. The zero-order valence-electron chi connectivity index (χ0n) is 10.4. The molecule has 1 atom stereocenters. The van der Waals surface area contributed by atoms with E-state index in [1.165, 1.54) is 11.3 Å². The monoisotopic (exact) mass is 270 g/mol. The van der Waals surface area contributed by atoms with E-state index in [9.17, 15) is 0 Å². The Balaban J connectivity index is 1.98. The van der Waals surface area contributed by atoms with Gasteiger partial charge in [0.1, 0.15) is 5.52 Å². The van der Waals surface area contributed by atoms with Gasteiger partial charge in [0.05, 0.1) is 11.0 Å². The molecule has 1 N–H and O–H groups in total.